The predicted molar refractivity (Wildman–Crippen MR) is 73.7 cm³/mol. The maximum absolute atomic E-state index is 11.5. The summed E-state index contributed by atoms with van der Waals surface area (Å²) in [5.41, 5.74) is -0.476. The molecule has 0 aromatic rings. The van der Waals surface area contributed by atoms with Gasteiger partial charge in [0.05, 0.1) is 6.61 Å². The van der Waals surface area contributed by atoms with Gasteiger partial charge in [-0.15, -0.1) is 0 Å². The Balaban J connectivity index is 2.16. The number of alkyl carbamates (subject to hydrolysis) is 1. The van der Waals surface area contributed by atoms with Gasteiger partial charge in [0.25, 0.3) is 0 Å². The van der Waals surface area contributed by atoms with E-state index in [1.54, 1.807) is 0 Å². The summed E-state index contributed by atoms with van der Waals surface area (Å²) in [6.07, 6.45) is 2.24. The van der Waals surface area contributed by atoms with Gasteiger partial charge in [0.1, 0.15) is 5.60 Å². The van der Waals surface area contributed by atoms with E-state index in [1.807, 2.05) is 20.8 Å². The van der Waals surface area contributed by atoms with Crippen LogP contribution in [0, 0.1) is 11.8 Å². The maximum atomic E-state index is 11.5. The van der Waals surface area contributed by atoms with E-state index >= 15 is 0 Å². The zero-order valence-corrected chi connectivity index (χ0v) is 12.5. The first-order valence-electron chi connectivity index (χ1n) is 7.09. The highest BCUT2D eigenvalue weighted by molar-refractivity contribution is 5.67. The van der Waals surface area contributed by atoms with Gasteiger partial charge in [-0.25, -0.2) is 9.59 Å². The molecule has 0 heterocycles. The number of amides is 1. The summed E-state index contributed by atoms with van der Waals surface area (Å²) >= 11 is 0. The van der Waals surface area contributed by atoms with Crippen molar-refractivity contribution in [2.24, 2.45) is 11.8 Å². The molecule has 0 aliphatic heterocycles. The fourth-order valence-corrected chi connectivity index (χ4v) is 2.33. The molecule has 1 amide bonds. The number of rotatable bonds is 4. The first kappa shape index (κ1) is 16.6. The van der Waals surface area contributed by atoms with E-state index in [0.717, 1.165) is 25.7 Å². The zero-order chi connectivity index (χ0) is 15.2. The van der Waals surface area contributed by atoms with Crippen molar-refractivity contribution < 1.29 is 24.2 Å². The Hall–Kier alpha value is -1.46. The van der Waals surface area contributed by atoms with Crippen LogP contribution in [0.2, 0.25) is 0 Å². The van der Waals surface area contributed by atoms with Crippen LogP contribution in [0.1, 0.15) is 46.5 Å². The molecular formula is C14H25NO5. The lowest BCUT2D eigenvalue weighted by Crippen LogP contribution is -2.36. The molecule has 2 N–H and O–H groups in total. The second kappa shape index (κ2) is 7.36. The van der Waals surface area contributed by atoms with Crippen molar-refractivity contribution in [1.29, 1.82) is 0 Å². The number of nitrogens with one attached hydrogen (secondary N) is 1. The van der Waals surface area contributed by atoms with Crippen molar-refractivity contribution in [3.8, 4) is 0 Å². The summed E-state index contributed by atoms with van der Waals surface area (Å²) in [7, 11) is 0. The summed E-state index contributed by atoms with van der Waals surface area (Å²) in [6.45, 7) is 6.39. The zero-order valence-electron chi connectivity index (χ0n) is 12.5. The van der Waals surface area contributed by atoms with Crippen LogP contribution < -0.4 is 5.32 Å². The van der Waals surface area contributed by atoms with Crippen LogP contribution in [0.3, 0.4) is 0 Å². The molecule has 1 aliphatic rings. The molecule has 116 valence electrons. The average molecular weight is 287 g/mol. The molecule has 0 spiro atoms. The van der Waals surface area contributed by atoms with E-state index in [-0.39, 0.29) is 12.7 Å². The molecule has 0 aromatic heterocycles. The second-order valence-corrected chi connectivity index (χ2v) is 6.35. The summed E-state index contributed by atoms with van der Waals surface area (Å²) in [6, 6.07) is 0. The molecule has 1 saturated carbocycles. The van der Waals surface area contributed by atoms with Crippen molar-refractivity contribution in [3.63, 3.8) is 0 Å². The molecule has 0 aromatic carbocycles. The smallest absolute Gasteiger partial charge is 0.450 e. The Kier molecular flexibility index (Phi) is 6.10. The molecule has 6 nitrogen and oxygen atoms in total. The normalized spacial score (nSPS) is 22.9. The Morgan fingerprint density at radius 3 is 2.20 bits per heavy atom. The Morgan fingerprint density at radius 2 is 1.70 bits per heavy atom. The third-order valence-corrected chi connectivity index (χ3v) is 3.34. The van der Waals surface area contributed by atoms with E-state index in [9.17, 15) is 9.59 Å². The van der Waals surface area contributed by atoms with Crippen molar-refractivity contribution in [3.05, 3.63) is 0 Å². The largest absolute Gasteiger partial charge is 0.505 e. The lowest BCUT2D eigenvalue weighted by molar-refractivity contribution is 0.0496. The lowest BCUT2D eigenvalue weighted by atomic mass is 9.82. The second-order valence-electron chi connectivity index (χ2n) is 6.35. The molecule has 0 saturated heterocycles. The molecule has 0 atom stereocenters. The molecule has 1 rings (SSSR count). The third-order valence-electron chi connectivity index (χ3n) is 3.34. The minimum atomic E-state index is -1.21. The summed E-state index contributed by atoms with van der Waals surface area (Å²) < 4.78 is 9.78. The number of ether oxygens (including phenoxy) is 2. The highest BCUT2D eigenvalue weighted by Gasteiger charge is 2.23. The van der Waals surface area contributed by atoms with Crippen LogP contribution in [0.15, 0.2) is 0 Å². The number of hydrogen-bond acceptors (Lipinski definition) is 4. The van der Waals surface area contributed by atoms with Gasteiger partial charge in [0, 0.05) is 6.54 Å². The lowest BCUT2D eigenvalue weighted by Gasteiger charge is -2.28. The minimum absolute atomic E-state index is 0.279. The van der Waals surface area contributed by atoms with Gasteiger partial charge >= 0.3 is 12.2 Å². The van der Waals surface area contributed by atoms with E-state index in [1.165, 1.54) is 0 Å². The van der Waals surface area contributed by atoms with E-state index in [2.05, 4.69) is 10.1 Å². The first-order valence-corrected chi connectivity index (χ1v) is 7.09. The van der Waals surface area contributed by atoms with Crippen LogP contribution in [0.5, 0.6) is 0 Å². The Labute approximate surface area is 119 Å². The van der Waals surface area contributed by atoms with E-state index < -0.39 is 11.8 Å². The highest BCUT2D eigenvalue weighted by Crippen LogP contribution is 2.28. The monoisotopic (exact) mass is 287 g/mol. The Bertz CT molecular complexity index is 329. The minimum Gasteiger partial charge on any atom is -0.450 e. The number of carbonyl (C=O) groups is 2. The van der Waals surface area contributed by atoms with Crippen molar-refractivity contribution in [1.82, 2.24) is 5.32 Å². The summed E-state index contributed by atoms with van der Waals surface area (Å²) in [4.78, 5) is 21.8. The van der Waals surface area contributed by atoms with Crippen LogP contribution >= 0.6 is 0 Å². The van der Waals surface area contributed by atoms with Gasteiger partial charge in [0.2, 0.25) is 0 Å². The van der Waals surface area contributed by atoms with Gasteiger partial charge < -0.3 is 19.9 Å². The van der Waals surface area contributed by atoms with Gasteiger partial charge in [-0.1, -0.05) is 0 Å². The van der Waals surface area contributed by atoms with Crippen LogP contribution in [0.25, 0.3) is 0 Å². The van der Waals surface area contributed by atoms with Crippen LogP contribution in [0.4, 0.5) is 9.59 Å². The van der Waals surface area contributed by atoms with Gasteiger partial charge in [0.15, 0.2) is 0 Å². The SMILES string of the molecule is CC(C)(C)OC(=O)NC[C@H]1CC[C@H](COC(=O)O)CC1. The molecule has 0 bridgehead atoms. The number of carboxylic acid groups (broad SMARTS) is 1. The highest BCUT2D eigenvalue weighted by atomic mass is 16.7. The summed E-state index contributed by atoms with van der Waals surface area (Å²) in [5.74, 6) is 0.743. The average Bonchev–Trinajstić information content (AvgIpc) is 2.33. The van der Waals surface area contributed by atoms with Crippen molar-refractivity contribution in [2.75, 3.05) is 13.2 Å². The topological polar surface area (TPSA) is 84.9 Å². The van der Waals surface area contributed by atoms with E-state index in [0.29, 0.717) is 18.4 Å². The molecule has 1 aliphatic carbocycles. The maximum Gasteiger partial charge on any atom is 0.505 e. The number of carbonyl (C=O) groups excluding carboxylic acids is 1. The van der Waals surface area contributed by atoms with Gasteiger partial charge in [-0.3, -0.25) is 0 Å². The van der Waals surface area contributed by atoms with Crippen LogP contribution in [-0.2, 0) is 9.47 Å². The number of hydrogen-bond donors (Lipinski definition) is 2. The fourth-order valence-electron chi connectivity index (χ4n) is 2.33. The molecule has 1 fully saturated rings. The standard InChI is InChI=1S/C14H25NO5/c1-14(2,3)20-12(16)15-8-10-4-6-11(7-5-10)9-19-13(17)18/h10-11H,4-9H2,1-3H3,(H,15,16)(H,17,18)/t10-,11-. The molecule has 20 heavy (non-hydrogen) atoms. The quantitative estimate of drug-likeness (QED) is 0.776. The van der Waals surface area contributed by atoms with Crippen molar-refractivity contribution >= 4 is 12.2 Å². The van der Waals surface area contributed by atoms with E-state index in [4.69, 9.17) is 9.84 Å². The predicted octanol–water partition coefficient (Wildman–Crippen LogP) is 3.01. The Morgan fingerprint density at radius 1 is 1.15 bits per heavy atom. The third kappa shape index (κ3) is 7.21. The molecule has 0 radical (unpaired) electrons. The van der Waals surface area contributed by atoms with Crippen LogP contribution in [-0.4, -0.2) is 36.1 Å². The van der Waals surface area contributed by atoms with Crippen molar-refractivity contribution in [2.45, 2.75) is 52.1 Å². The summed E-state index contributed by atoms with van der Waals surface area (Å²) in [5, 5.41) is 11.2. The fraction of sp³-hybridized carbons (Fsp3) is 0.857. The molecule has 6 heteroatoms. The van der Waals surface area contributed by atoms with Gasteiger partial charge in [-0.2, -0.15) is 0 Å². The first-order chi connectivity index (χ1) is 9.26. The molecule has 0 unspecified atom stereocenters. The molecular weight excluding hydrogens is 262 g/mol. The van der Waals surface area contributed by atoms with Gasteiger partial charge in [-0.05, 0) is 58.3 Å².